The van der Waals surface area contributed by atoms with Gasteiger partial charge in [-0.25, -0.2) is 18.7 Å². The van der Waals surface area contributed by atoms with Crippen molar-refractivity contribution < 1.29 is 28.2 Å². The lowest BCUT2D eigenvalue weighted by atomic mass is 10.0. The number of nitrogens with one attached hydrogen (secondary N) is 1. The standard InChI is InChI=1S/C27H27F2N5O4/c1-16-9-17(4-5-22(16)38-23-6-8-34(25(36)13-35)14-27(23,28)29)21-11-24(32-15-31-21)33-26(37)20-10-19(20)18-3-2-7-30-12-18/h2-5,7,9,11-12,15,19-20,23,35H,6,8,10,13-14H2,1H3,(H,31,32,33,37)/t19-,20+,23-/m0/s1. The first kappa shape index (κ1) is 25.7. The molecular weight excluding hydrogens is 496 g/mol. The van der Waals surface area contributed by atoms with Crippen LogP contribution in [0.4, 0.5) is 14.6 Å². The third-order valence-corrected chi connectivity index (χ3v) is 6.92. The summed E-state index contributed by atoms with van der Waals surface area (Å²) in [6.07, 6.45) is 4.14. The van der Waals surface area contributed by atoms with Gasteiger partial charge in [-0.05, 0) is 54.7 Å². The molecule has 5 rings (SSSR count). The van der Waals surface area contributed by atoms with Crippen molar-refractivity contribution >= 4 is 17.6 Å². The van der Waals surface area contributed by atoms with E-state index >= 15 is 0 Å². The molecule has 0 spiro atoms. The van der Waals surface area contributed by atoms with Gasteiger partial charge in [-0.2, -0.15) is 0 Å². The van der Waals surface area contributed by atoms with Crippen LogP contribution in [-0.2, 0) is 9.59 Å². The van der Waals surface area contributed by atoms with E-state index in [1.807, 2.05) is 12.1 Å². The van der Waals surface area contributed by atoms with Crippen LogP contribution in [0.25, 0.3) is 11.3 Å². The molecule has 9 nitrogen and oxygen atoms in total. The number of hydrogen-bond acceptors (Lipinski definition) is 7. The molecule has 0 unspecified atom stereocenters. The Bertz CT molecular complexity index is 1340. The maximum absolute atomic E-state index is 14.7. The van der Waals surface area contributed by atoms with Crippen LogP contribution >= 0.6 is 0 Å². The van der Waals surface area contributed by atoms with E-state index in [0.717, 1.165) is 16.9 Å². The van der Waals surface area contributed by atoms with E-state index in [1.54, 1.807) is 43.6 Å². The molecule has 2 fully saturated rings. The van der Waals surface area contributed by atoms with Crippen LogP contribution in [-0.4, -0.2) is 68.5 Å². The highest BCUT2D eigenvalue weighted by molar-refractivity contribution is 5.94. The minimum Gasteiger partial charge on any atom is -0.484 e. The number of nitrogens with zero attached hydrogens (tertiary/aromatic N) is 4. The zero-order valence-electron chi connectivity index (χ0n) is 20.7. The molecule has 2 amide bonds. The molecule has 1 aromatic carbocycles. The summed E-state index contributed by atoms with van der Waals surface area (Å²) in [5, 5.41) is 11.8. The minimum absolute atomic E-state index is 0.0580. The molecule has 1 aliphatic carbocycles. The number of aliphatic hydroxyl groups excluding tert-OH is 1. The monoisotopic (exact) mass is 523 g/mol. The second kappa shape index (κ2) is 10.4. The molecule has 11 heteroatoms. The number of piperidine rings is 1. The average molecular weight is 524 g/mol. The number of carbonyl (C=O) groups excluding carboxylic acids is 2. The molecule has 38 heavy (non-hydrogen) atoms. The van der Waals surface area contributed by atoms with Crippen molar-refractivity contribution in [3.63, 3.8) is 0 Å². The number of halogens is 2. The van der Waals surface area contributed by atoms with Crippen LogP contribution in [0.2, 0.25) is 0 Å². The number of aryl methyl sites for hydroxylation is 1. The maximum Gasteiger partial charge on any atom is 0.301 e. The van der Waals surface area contributed by atoms with Gasteiger partial charge in [0, 0.05) is 42.9 Å². The van der Waals surface area contributed by atoms with E-state index in [1.165, 1.54) is 6.33 Å². The van der Waals surface area contributed by atoms with Gasteiger partial charge >= 0.3 is 5.92 Å². The number of benzene rings is 1. The second-order valence-corrected chi connectivity index (χ2v) is 9.62. The lowest BCUT2D eigenvalue weighted by Gasteiger charge is -2.38. The number of pyridine rings is 1. The first-order valence-electron chi connectivity index (χ1n) is 12.3. The van der Waals surface area contributed by atoms with E-state index in [9.17, 15) is 18.4 Å². The molecule has 3 heterocycles. The number of likely N-dealkylation sites (tertiary alicyclic amines) is 1. The number of aromatic nitrogens is 3. The number of alkyl halides is 2. The molecule has 1 saturated carbocycles. The van der Waals surface area contributed by atoms with Crippen LogP contribution in [0.3, 0.4) is 0 Å². The first-order valence-corrected chi connectivity index (χ1v) is 12.3. The summed E-state index contributed by atoms with van der Waals surface area (Å²) < 4.78 is 35.0. The lowest BCUT2D eigenvalue weighted by molar-refractivity contribution is -0.161. The zero-order chi connectivity index (χ0) is 26.9. The van der Waals surface area contributed by atoms with Crippen molar-refractivity contribution in [1.82, 2.24) is 19.9 Å². The Morgan fingerprint density at radius 2 is 2.08 bits per heavy atom. The average Bonchev–Trinajstić information content (AvgIpc) is 3.72. The summed E-state index contributed by atoms with van der Waals surface area (Å²) >= 11 is 0. The molecule has 198 valence electrons. The van der Waals surface area contributed by atoms with Crippen molar-refractivity contribution in [2.75, 3.05) is 25.0 Å². The van der Waals surface area contributed by atoms with Gasteiger partial charge < -0.3 is 20.1 Å². The highest BCUT2D eigenvalue weighted by Crippen LogP contribution is 2.47. The van der Waals surface area contributed by atoms with Crippen LogP contribution in [0.15, 0.2) is 55.1 Å². The van der Waals surface area contributed by atoms with Crippen LogP contribution in [0, 0.1) is 12.8 Å². The minimum atomic E-state index is -3.26. The van der Waals surface area contributed by atoms with Crippen molar-refractivity contribution in [2.24, 2.45) is 5.92 Å². The first-order chi connectivity index (χ1) is 18.2. The Balaban J connectivity index is 1.23. The van der Waals surface area contributed by atoms with Gasteiger partial charge in [0.25, 0.3) is 0 Å². The second-order valence-electron chi connectivity index (χ2n) is 9.62. The summed E-state index contributed by atoms with van der Waals surface area (Å²) in [5.74, 6) is -3.41. The predicted molar refractivity (Wildman–Crippen MR) is 134 cm³/mol. The fraction of sp³-hybridized carbons (Fsp3) is 0.370. The normalized spacial score (nSPS) is 22.0. The molecule has 3 aromatic rings. The predicted octanol–water partition coefficient (Wildman–Crippen LogP) is 3.20. The van der Waals surface area contributed by atoms with E-state index in [0.29, 0.717) is 28.4 Å². The Labute approximate surface area is 217 Å². The third-order valence-electron chi connectivity index (χ3n) is 6.92. The smallest absolute Gasteiger partial charge is 0.301 e. The Morgan fingerprint density at radius 3 is 2.79 bits per heavy atom. The van der Waals surface area contributed by atoms with Gasteiger partial charge in [-0.15, -0.1) is 0 Å². The number of carbonyl (C=O) groups is 2. The number of ether oxygens (including phenoxy) is 1. The van der Waals surface area contributed by atoms with Gasteiger partial charge in [0.2, 0.25) is 11.8 Å². The van der Waals surface area contributed by atoms with Gasteiger partial charge in [-0.3, -0.25) is 14.6 Å². The van der Waals surface area contributed by atoms with E-state index in [-0.39, 0.29) is 30.7 Å². The Morgan fingerprint density at radius 1 is 1.24 bits per heavy atom. The Kier molecular flexibility index (Phi) is 7.02. The fourth-order valence-corrected chi connectivity index (χ4v) is 4.72. The summed E-state index contributed by atoms with van der Waals surface area (Å²) in [5.41, 5.74) is 2.94. The van der Waals surface area contributed by atoms with Crippen molar-refractivity contribution in [2.45, 2.75) is 37.7 Å². The van der Waals surface area contributed by atoms with Gasteiger partial charge in [0.1, 0.15) is 24.5 Å². The molecular formula is C27H27F2N5O4. The van der Waals surface area contributed by atoms with Gasteiger partial charge in [0.15, 0.2) is 6.10 Å². The van der Waals surface area contributed by atoms with Gasteiger partial charge in [-0.1, -0.05) is 6.07 Å². The van der Waals surface area contributed by atoms with E-state index in [4.69, 9.17) is 9.84 Å². The summed E-state index contributed by atoms with van der Waals surface area (Å²) in [6.45, 7) is 0.226. The highest BCUT2D eigenvalue weighted by Gasteiger charge is 2.47. The molecule has 2 aromatic heterocycles. The van der Waals surface area contributed by atoms with Gasteiger partial charge in [0.05, 0.1) is 12.2 Å². The summed E-state index contributed by atoms with van der Waals surface area (Å²) in [7, 11) is 0. The van der Waals surface area contributed by atoms with Crippen LogP contribution in [0.5, 0.6) is 5.75 Å². The fourth-order valence-electron chi connectivity index (χ4n) is 4.72. The highest BCUT2D eigenvalue weighted by atomic mass is 19.3. The molecule has 1 aliphatic heterocycles. The molecule has 0 bridgehead atoms. The summed E-state index contributed by atoms with van der Waals surface area (Å²) in [6, 6.07) is 10.6. The van der Waals surface area contributed by atoms with Crippen molar-refractivity contribution in [3.8, 4) is 17.0 Å². The quantitative estimate of drug-likeness (QED) is 0.488. The lowest BCUT2D eigenvalue weighted by Crippen LogP contribution is -2.55. The number of anilines is 1. The maximum atomic E-state index is 14.7. The molecule has 2 N–H and O–H groups in total. The topological polar surface area (TPSA) is 118 Å². The Hall–Kier alpha value is -3.99. The number of amides is 2. The number of aliphatic hydroxyl groups is 1. The largest absolute Gasteiger partial charge is 0.484 e. The zero-order valence-corrected chi connectivity index (χ0v) is 20.7. The summed E-state index contributed by atoms with van der Waals surface area (Å²) in [4.78, 5) is 37.8. The van der Waals surface area contributed by atoms with E-state index < -0.39 is 31.1 Å². The SMILES string of the molecule is Cc1cc(-c2cc(NC(=O)[C@@H]3C[C@H]3c3cccnc3)ncn2)ccc1O[C@H]1CCN(C(=O)CO)CC1(F)F. The van der Waals surface area contributed by atoms with Crippen molar-refractivity contribution in [3.05, 3.63) is 66.2 Å². The van der Waals surface area contributed by atoms with E-state index in [2.05, 4.69) is 20.3 Å². The number of hydrogen-bond donors (Lipinski definition) is 2. The third kappa shape index (κ3) is 5.47. The van der Waals surface area contributed by atoms with Crippen LogP contribution in [0.1, 0.15) is 29.9 Å². The molecule has 0 radical (unpaired) electrons. The molecule has 1 saturated heterocycles. The molecule has 3 atom stereocenters. The molecule has 2 aliphatic rings. The van der Waals surface area contributed by atoms with Crippen LogP contribution < -0.4 is 10.1 Å². The number of rotatable bonds is 7. The van der Waals surface area contributed by atoms with Crippen molar-refractivity contribution in [1.29, 1.82) is 0 Å².